The van der Waals surface area contributed by atoms with Crippen molar-refractivity contribution in [2.24, 2.45) is 5.92 Å². The average molecular weight is 287 g/mol. The number of aliphatic hydroxyl groups is 2. The summed E-state index contributed by atoms with van der Waals surface area (Å²) in [5.41, 5.74) is 1.24. The van der Waals surface area contributed by atoms with Crippen LogP contribution in [0.3, 0.4) is 0 Å². The third kappa shape index (κ3) is 3.44. The van der Waals surface area contributed by atoms with Crippen LogP contribution < -0.4 is 0 Å². The molecule has 2 atom stereocenters. The van der Waals surface area contributed by atoms with Gasteiger partial charge < -0.3 is 15.1 Å². The van der Waals surface area contributed by atoms with Gasteiger partial charge in [0.05, 0.1) is 24.8 Å². The Labute approximate surface area is 125 Å². The second-order valence-electron chi connectivity index (χ2n) is 5.34. The fourth-order valence-electron chi connectivity index (χ4n) is 2.69. The highest BCUT2D eigenvalue weighted by Crippen LogP contribution is 2.26. The van der Waals surface area contributed by atoms with Gasteiger partial charge in [0.15, 0.2) is 0 Å². The van der Waals surface area contributed by atoms with Crippen LogP contribution in [0.1, 0.15) is 35.7 Å². The number of likely N-dealkylation sites (tertiary alicyclic amines) is 1. The number of aliphatic hydroxyl groups excluding tert-OH is 2. The van der Waals surface area contributed by atoms with Gasteiger partial charge in [-0.1, -0.05) is 30.9 Å². The topological polar surface area (TPSA) is 60.8 Å². The predicted octanol–water partition coefficient (Wildman–Crippen LogP) is 1.26. The zero-order valence-corrected chi connectivity index (χ0v) is 12.2. The summed E-state index contributed by atoms with van der Waals surface area (Å²) in [6.07, 6.45) is 1.30. The minimum atomic E-state index is -0.115. The van der Waals surface area contributed by atoms with Crippen molar-refractivity contribution in [2.75, 3.05) is 19.8 Å². The summed E-state index contributed by atoms with van der Waals surface area (Å²) in [6, 6.07) is 7.12. The largest absolute Gasteiger partial charge is 0.395 e. The number of carbonyl (C=O) groups is 1. The van der Waals surface area contributed by atoms with Gasteiger partial charge in [0, 0.05) is 18.5 Å². The van der Waals surface area contributed by atoms with Crippen LogP contribution in [-0.2, 0) is 0 Å². The van der Waals surface area contributed by atoms with Crippen molar-refractivity contribution in [1.29, 1.82) is 0 Å². The number of benzene rings is 1. The second-order valence-corrected chi connectivity index (χ2v) is 5.34. The summed E-state index contributed by atoms with van der Waals surface area (Å²) in [5.74, 6) is 6.03. The molecule has 0 aliphatic carbocycles. The molecule has 0 bridgehead atoms. The summed E-state index contributed by atoms with van der Waals surface area (Å²) in [6.45, 7) is 2.73. The molecule has 0 saturated carbocycles. The number of amides is 1. The van der Waals surface area contributed by atoms with E-state index >= 15 is 0 Å². The van der Waals surface area contributed by atoms with Gasteiger partial charge in [-0.3, -0.25) is 4.79 Å². The standard InChI is InChI=1S/C17H21NO3/c1-13-9-10-18(16(13)12-20)17(21)15-8-3-2-6-14(15)7-4-5-11-19/h2-3,6,8,13,16,19-20H,5,9-12H2,1H3. The molecule has 0 radical (unpaired) electrons. The van der Waals surface area contributed by atoms with Crippen molar-refractivity contribution >= 4 is 5.91 Å². The number of hydrogen-bond acceptors (Lipinski definition) is 3. The normalized spacial score (nSPS) is 21.0. The lowest BCUT2D eigenvalue weighted by Gasteiger charge is -2.25. The molecule has 1 heterocycles. The van der Waals surface area contributed by atoms with Crippen molar-refractivity contribution in [1.82, 2.24) is 4.90 Å². The third-order valence-corrected chi connectivity index (χ3v) is 3.95. The number of nitrogens with zero attached hydrogens (tertiary/aromatic N) is 1. The first-order chi connectivity index (χ1) is 10.2. The minimum Gasteiger partial charge on any atom is -0.395 e. The Morgan fingerprint density at radius 2 is 2.14 bits per heavy atom. The summed E-state index contributed by atoms with van der Waals surface area (Å²) in [5, 5.41) is 18.3. The van der Waals surface area contributed by atoms with E-state index in [0.717, 1.165) is 6.42 Å². The van der Waals surface area contributed by atoms with Crippen molar-refractivity contribution < 1.29 is 15.0 Å². The highest BCUT2D eigenvalue weighted by Gasteiger charge is 2.34. The maximum absolute atomic E-state index is 12.7. The smallest absolute Gasteiger partial charge is 0.255 e. The Morgan fingerprint density at radius 1 is 1.38 bits per heavy atom. The molecule has 1 fully saturated rings. The number of carbonyl (C=O) groups excluding carboxylic acids is 1. The molecule has 21 heavy (non-hydrogen) atoms. The lowest BCUT2D eigenvalue weighted by Crippen LogP contribution is -2.40. The van der Waals surface area contributed by atoms with Crippen LogP contribution in [0.15, 0.2) is 24.3 Å². The highest BCUT2D eigenvalue weighted by molar-refractivity contribution is 5.97. The monoisotopic (exact) mass is 287 g/mol. The van der Waals surface area contributed by atoms with Crippen LogP contribution in [0, 0.1) is 17.8 Å². The van der Waals surface area contributed by atoms with Gasteiger partial charge in [-0.2, -0.15) is 0 Å². The molecular weight excluding hydrogens is 266 g/mol. The third-order valence-electron chi connectivity index (χ3n) is 3.95. The van der Waals surface area contributed by atoms with Crippen LogP contribution in [0.5, 0.6) is 0 Å². The summed E-state index contributed by atoms with van der Waals surface area (Å²) < 4.78 is 0. The Kier molecular flexibility index (Phi) is 5.38. The van der Waals surface area contributed by atoms with E-state index in [1.165, 1.54) is 0 Å². The van der Waals surface area contributed by atoms with Gasteiger partial charge >= 0.3 is 0 Å². The molecular formula is C17H21NO3. The molecule has 4 nitrogen and oxygen atoms in total. The van der Waals surface area contributed by atoms with Gasteiger partial charge in [0.25, 0.3) is 5.91 Å². The van der Waals surface area contributed by atoms with Crippen LogP contribution in [0.25, 0.3) is 0 Å². The second kappa shape index (κ2) is 7.26. The quantitative estimate of drug-likeness (QED) is 0.823. The predicted molar refractivity (Wildman–Crippen MR) is 80.7 cm³/mol. The van der Waals surface area contributed by atoms with E-state index in [-0.39, 0.29) is 25.2 Å². The van der Waals surface area contributed by atoms with Gasteiger partial charge in [-0.25, -0.2) is 0 Å². The molecule has 0 spiro atoms. The van der Waals surface area contributed by atoms with Crippen molar-refractivity contribution in [3.05, 3.63) is 35.4 Å². The molecule has 0 aromatic heterocycles. The maximum atomic E-state index is 12.7. The highest BCUT2D eigenvalue weighted by atomic mass is 16.3. The van der Waals surface area contributed by atoms with Crippen LogP contribution in [0.2, 0.25) is 0 Å². The van der Waals surface area contributed by atoms with Crippen LogP contribution >= 0.6 is 0 Å². The Bertz CT molecular complexity index is 559. The molecule has 1 saturated heterocycles. The van der Waals surface area contributed by atoms with Gasteiger partial charge in [0.1, 0.15) is 0 Å². The first-order valence-electron chi connectivity index (χ1n) is 7.29. The number of rotatable bonds is 3. The van der Waals surface area contributed by atoms with E-state index in [1.54, 1.807) is 11.0 Å². The van der Waals surface area contributed by atoms with Gasteiger partial charge in [0.2, 0.25) is 0 Å². The van der Waals surface area contributed by atoms with E-state index in [4.69, 9.17) is 5.11 Å². The Balaban J connectivity index is 2.26. The summed E-state index contributed by atoms with van der Waals surface area (Å²) >= 11 is 0. The van der Waals surface area contributed by atoms with Gasteiger partial charge in [-0.05, 0) is 24.5 Å². The van der Waals surface area contributed by atoms with E-state index < -0.39 is 0 Å². The fourth-order valence-corrected chi connectivity index (χ4v) is 2.69. The zero-order chi connectivity index (χ0) is 15.2. The fraction of sp³-hybridized carbons (Fsp3) is 0.471. The molecule has 2 unspecified atom stereocenters. The first-order valence-corrected chi connectivity index (χ1v) is 7.29. The summed E-state index contributed by atoms with van der Waals surface area (Å²) in [4.78, 5) is 14.5. The van der Waals surface area contributed by atoms with Crippen molar-refractivity contribution in [2.45, 2.75) is 25.8 Å². The van der Waals surface area contributed by atoms with Gasteiger partial charge in [-0.15, -0.1) is 0 Å². The molecule has 2 rings (SSSR count). The molecule has 1 aliphatic heterocycles. The SMILES string of the molecule is CC1CCN(C(=O)c2ccccc2C#CCCO)C1CO. The average Bonchev–Trinajstić information content (AvgIpc) is 2.88. The maximum Gasteiger partial charge on any atom is 0.255 e. The Morgan fingerprint density at radius 3 is 2.86 bits per heavy atom. The first kappa shape index (κ1) is 15.6. The molecule has 1 aliphatic rings. The minimum absolute atomic E-state index is 0.00867. The van der Waals surface area contributed by atoms with Crippen molar-refractivity contribution in [3.8, 4) is 11.8 Å². The van der Waals surface area contributed by atoms with Crippen LogP contribution in [0.4, 0.5) is 0 Å². The molecule has 1 amide bonds. The summed E-state index contributed by atoms with van der Waals surface area (Å²) in [7, 11) is 0. The molecule has 1 aromatic rings. The lowest BCUT2D eigenvalue weighted by molar-refractivity contribution is 0.0648. The molecule has 112 valence electrons. The number of hydrogen-bond donors (Lipinski definition) is 2. The zero-order valence-electron chi connectivity index (χ0n) is 12.2. The van der Waals surface area contributed by atoms with Crippen molar-refractivity contribution in [3.63, 3.8) is 0 Å². The van der Waals surface area contributed by atoms with E-state index in [1.807, 2.05) is 18.2 Å². The van der Waals surface area contributed by atoms with E-state index in [2.05, 4.69) is 18.8 Å². The lowest BCUT2D eigenvalue weighted by atomic mass is 10.0. The van der Waals surface area contributed by atoms with E-state index in [9.17, 15) is 9.90 Å². The Hall–Kier alpha value is -1.83. The molecule has 4 heteroatoms. The van der Waals surface area contributed by atoms with E-state index in [0.29, 0.717) is 30.0 Å². The van der Waals surface area contributed by atoms with Crippen LogP contribution in [-0.4, -0.2) is 46.8 Å². The molecule has 2 N–H and O–H groups in total. The molecule has 1 aromatic carbocycles.